The van der Waals surface area contributed by atoms with E-state index in [0.29, 0.717) is 12.2 Å². The third-order valence-electron chi connectivity index (χ3n) is 4.42. The van der Waals surface area contributed by atoms with Crippen molar-refractivity contribution < 1.29 is 18.0 Å². The Morgan fingerprint density at radius 3 is 2.13 bits per heavy atom. The summed E-state index contributed by atoms with van der Waals surface area (Å²) in [7, 11) is 0. The third kappa shape index (κ3) is 6.11. The van der Waals surface area contributed by atoms with E-state index in [1.165, 1.54) is 12.1 Å². The number of halogens is 3. The molecule has 0 radical (unpaired) electrons. The number of benzene rings is 3. The summed E-state index contributed by atoms with van der Waals surface area (Å²) in [6.45, 7) is 0. The standard InChI is InChI=1S/C23H21F3N2OS/c24-23(25,26)19-14-18(11-12-21(19)30-15-17-9-5-2-6-10-17)28-22(29)20(27)13-16-7-3-1-4-8-16/h1-12,14,20H,13,15,27H2,(H,28,29)/t20-/m0/s1. The molecule has 0 aliphatic rings. The molecule has 0 saturated carbocycles. The van der Waals surface area contributed by atoms with E-state index in [-0.39, 0.29) is 10.6 Å². The maximum Gasteiger partial charge on any atom is 0.417 e. The summed E-state index contributed by atoms with van der Waals surface area (Å²) in [5.41, 5.74) is 7.02. The Kier molecular flexibility index (Phi) is 7.18. The van der Waals surface area contributed by atoms with Crippen LogP contribution in [0.3, 0.4) is 0 Å². The second kappa shape index (κ2) is 9.82. The molecule has 3 aromatic rings. The highest BCUT2D eigenvalue weighted by atomic mass is 32.2. The van der Waals surface area contributed by atoms with Crippen molar-refractivity contribution in [1.29, 1.82) is 0 Å². The minimum Gasteiger partial charge on any atom is -0.325 e. The average Bonchev–Trinajstić information content (AvgIpc) is 2.73. The number of nitrogens with two attached hydrogens (primary N) is 1. The molecule has 0 heterocycles. The Balaban J connectivity index is 1.71. The van der Waals surface area contributed by atoms with Gasteiger partial charge in [-0.1, -0.05) is 60.7 Å². The molecule has 3 nitrogen and oxygen atoms in total. The van der Waals surface area contributed by atoms with E-state index in [1.54, 1.807) is 0 Å². The molecule has 0 unspecified atom stereocenters. The number of carbonyl (C=O) groups is 1. The average molecular weight is 430 g/mol. The Morgan fingerprint density at radius 2 is 1.53 bits per heavy atom. The van der Waals surface area contributed by atoms with Crippen LogP contribution in [0.1, 0.15) is 16.7 Å². The minimum absolute atomic E-state index is 0.0693. The molecule has 0 bridgehead atoms. The molecule has 3 rings (SSSR count). The van der Waals surface area contributed by atoms with Crippen LogP contribution in [-0.4, -0.2) is 11.9 Å². The molecular weight excluding hydrogens is 409 g/mol. The molecule has 0 aromatic heterocycles. The lowest BCUT2D eigenvalue weighted by Gasteiger charge is -2.16. The zero-order valence-corrected chi connectivity index (χ0v) is 16.8. The van der Waals surface area contributed by atoms with Gasteiger partial charge in [-0.15, -0.1) is 11.8 Å². The fourth-order valence-electron chi connectivity index (χ4n) is 2.89. The molecule has 156 valence electrons. The van der Waals surface area contributed by atoms with Crippen molar-refractivity contribution in [3.63, 3.8) is 0 Å². The zero-order valence-electron chi connectivity index (χ0n) is 16.0. The number of amides is 1. The van der Waals surface area contributed by atoms with E-state index >= 15 is 0 Å². The number of anilines is 1. The van der Waals surface area contributed by atoms with Gasteiger partial charge in [0, 0.05) is 16.3 Å². The van der Waals surface area contributed by atoms with Gasteiger partial charge in [0.1, 0.15) is 0 Å². The van der Waals surface area contributed by atoms with E-state index in [9.17, 15) is 18.0 Å². The number of alkyl halides is 3. The summed E-state index contributed by atoms with van der Waals surface area (Å²) in [4.78, 5) is 12.5. The van der Waals surface area contributed by atoms with Crippen LogP contribution in [0.25, 0.3) is 0 Å². The predicted octanol–water partition coefficient (Wildman–Crippen LogP) is 5.51. The third-order valence-corrected chi connectivity index (χ3v) is 5.57. The SMILES string of the molecule is N[C@@H](Cc1ccccc1)C(=O)Nc1ccc(SCc2ccccc2)c(C(F)(F)F)c1. The fourth-order valence-corrected chi connectivity index (χ4v) is 3.90. The van der Waals surface area contributed by atoms with Gasteiger partial charge in [0.2, 0.25) is 5.91 Å². The van der Waals surface area contributed by atoms with E-state index < -0.39 is 23.7 Å². The van der Waals surface area contributed by atoms with Crippen LogP contribution in [0, 0.1) is 0 Å². The van der Waals surface area contributed by atoms with Gasteiger partial charge in [-0.25, -0.2) is 0 Å². The van der Waals surface area contributed by atoms with Gasteiger partial charge in [-0.2, -0.15) is 13.2 Å². The number of nitrogens with one attached hydrogen (secondary N) is 1. The molecule has 0 aliphatic carbocycles. The monoisotopic (exact) mass is 430 g/mol. The second-order valence-corrected chi connectivity index (χ2v) is 7.79. The van der Waals surface area contributed by atoms with Crippen LogP contribution in [0.2, 0.25) is 0 Å². The molecule has 7 heteroatoms. The van der Waals surface area contributed by atoms with Gasteiger partial charge in [-0.3, -0.25) is 4.79 Å². The molecule has 1 atom stereocenters. The largest absolute Gasteiger partial charge is 0.417 e. The highest BCUT2D eigenvalue weighted by Gasteiger charge is 2.34. The van der Waals surface area contributed by atoms with Gasteiger partial charge in [0.25, 0.3) is 0 Å². The van der Waals surface area contributed by atoms with Gasteiger partial charge in [-0.05, 0) is 35.7 Å². The van der Waals surface area contributed by atoms with Crippen molar-refractivity contribution in [2.24, 2.45) is 5.73 Å². The molecule has 0 spiro atoms. The lowest BCUT2D eigenvalue weighted by Crippen LogP contribution is -2.37. The van der Waals surface area contributed by atoms with Crippen LogP contribution in [-0.2, 0) is 23.1 Å². The maximum atomic E-state index is 13.6. The van der Waals surface area contributed by atoms with E-state index in [0.717, 1.165) is 29.0 Å². The topological polar surface area (TPSA) is 55.1 Å². The number of hydrogen-bond acceptors (Lipinski definition) is 3. The molecule has 3 N–H and O–H groups in total. The van der Waals surface area contributed by atoms with Crippen LogP contribution in [0.5, 0.6) is 0 Å². The molecule has 30 heavy (non-hydrogen) atoms. The van der Waals surface area contributed by atoms with E-state index in [1.807, 2.05) is 60.7 Å². The maximum absolute atomic E-state index is 13.6. The first-order chi connectivity index (χ1) is 14.3. The van der Waals surface area contributed by atoms with Crippen LogP contribution in [0.15, 0.2) is 83.8 Å². The van der Waals surface area contributed by atoms with Crippen LogP contribution in [0.4, 0.5) is 18.9 Å². The first-order valence-electron chi connectivity index (χ1n) is 9.31. The Bertz CT molecular complexity index is 979. The number of carbonyl (C=O) groups excluding carboxylic acids is 1. The number of rotatable bonds is 7. The van der Waals surface area contributed by atoms with Crippen molar-refractivity contribution in [2.75, 3.05) is 5.32 Å². The van der Waals surface area contributed by atoms with Gasteiger partial charge in [0.15, 0.2) is 0 Å². The molecule has 0 saturated heterocycles. The first-order valence-corrected chi connectivity index (χ1v) is 10.3. The summed E-state index contributed by atoms with van der Waals surface area (Å²) in [6, 6.07) is 21.4. The summed E-state index contributed by atoms with van der Waals surface area (Å²) in [5.74, 6) is -0.117. The van der Waals surface area contributed by atoms with E-state index in [2.05, 4.69) is 5.32 Å². The Hall–Kier alpha value is -2.77. The van der Waals surface area contributed by atoms with Gasteiger partial charge < -0.3 is 11.1 Å². The van der Waals surface area contributed by atoms with Crippen molar-refractivity contribution in [3.05, 3.63) is 95.6 Å². The molecule has 0 fully saturated rings. The Morgan fingerprint density at radius 1 is 0.933 bits per heavy atom. The quantitative estimate of drug-likeness (QED) is 0.486. The highest BCUT2D eigenvalue weighted by Crippen LogP contribution is 2.39. The van der Waals surface area contributed by atoms with Crippen molar-refractivity contribution in [2.45, 2.75) is 29.3 Å². The lowest BCUT2D eigenvalue weighted by molar-refractivity contribution is -0.139. The molecule has 1 amide bonds. The summed E-state index contributed by atoms with van der Waals surface area (Å²) in [6.07, 6.45) is -4.24. The second-order valence-electron chi connectivity index (χ2n) is 6.77. The normalized spacial score (nSPS) is 12.4. The zero-order chi connectivity index (χ0) is 21.6. The summed E-state index contributed by atoms with van der Waals surface area (Å²) >= 11 is 1.11. The van der Waals surface area contributed by atoms with Crippen molar-refractivity contribution >= 4 is 23.4 Å². The summed E-state index contributed by atoms with van der Waals surface area (Å²) < 4.78 is 40.8. The molecule has 0 aliphatic heterocycles. The van der Waals surface area contributed by atoms with Crippen LogP contribution < -0.4 is 11.1 Å². The fraction of sp³-hybridized carbons (Fsp3) is 0.174. The predicted molar refractivity (Wildman–Crippen MR) is 114 cm³/mol. The number of thioether (sulfide) groups is 1. The smallest absolute Gasteiger partial charge is 0.325 e. The summed E-state index contributed by atoms with van der Waals surface area (Å²) in [5, 5.41) is 2.50. The van der Waals surface area contributed by atoms with E-state index in [4.69, 9.17) is 5.73 Å². The number of hydrogen-bond donors (Lipinski definition) is 2. The Labute approximate surface area is 177 Å². The van der Waals surface area contributed by atoms with Crippen LogP contribution >= 0.6 is 11.8 Å². The van der Waals surface area contributed by atoms with Gasteiger partial charge >= 0.3 is 6.18 Å². The van der Waals surface area contributed by atoms with Gasteiger partial charge in [0.05, 0.1) is 11.6 Å². The van der Waals surface area contributed by atoms with Crippen molar-refractivity contribution in [1.82, 2.24) is 0 Å². The minimum atomic E-state index is -4.54. The van der Waals surface area contributed by atoms with Crippen molar-refractivity contribution in [3.8, 4) is 0 Å². The first kappa shape index (κ1) is 21.9. The highest BCUT2D eigenvalue weighted by molar-refractivity contribution is 7.98. The molecular formula is C23H21F3N2OS. The lowest BCUT2D eigenvalue weighted by atomic mass is 10.1. The molecule has 3 aromatic carbocycles.